The molecular formula is C41H38N4O6. The van der Waals surface area contributed by atoms with Crippen LogP contribution in [0.1, 0.15) is 46.1 Å². The van der Waals surface area contributed by atoms with E-state index in [9.17, 15) is 9.90 Å². The lowest BCUT2D eigenvalue weighted by molar-refractivity contribution is -0.0759. The summed E-state index contributed by atoms with van der Waals surface area (Å²) in [4.78, 5) is 25.8. The smallest absolute Gasteiger partial charge is 0.256 e. The lowest BCUT2D eigenvalue weighted by Crippen LogP contribution is -2.38. The van der Waals surface area contributed by atoms with Gasteiger partial charge in [-0.05, 0) is 65.9 Å². The first-order valence-electron chi connectivity index (χ1n) is 16.5. The maximum atomic E-state index is 12.9. The van der Waals surface area contributed by atoms with Crippen LogP contribution in [-0.2, 0) is 15.1 Å². The number of nitrogens with zero attached hydrogens (tertiary/aromatic N) is 3. The van der Waals surface area contributed by atoms with E-state index in [1.54, 1.807) is 51.6 Å². The van der Waals surface area contributed by atoms with Gasteiger partial charge in [0.15, 0.2) is 5.82 Å². The van der Waals surface area contributed by atoms with Gasteiger partial charge in [0.25, 0.3) is 5.91 Å². The van der Waals surface area contributed by atoms with Gasteiger partial charge in [0.1, 0.15) is 47.0 Å². The van der Waals surface area contributed by atoms with E-state index < -0.39 is 23.9 Å². The van der Waals surface area contributed by atoms with Crippen molar-refractivity contribution in [3.05, 3.63) is 143 Å². The normalized spacial score (nSPS) is 17.1. The van der Waals surface area contributed by atoms with E-state index in [2.05, 4.69) is 32.1 Å². The predicted octanol–water partition coefficient (Wildman–Crippen LogP) is 6.35. The predicted molar refractivity (Wildman–Crippen MR) is 195 cm³/mol. The summed E-state index contributed by atoms with van der Waals surface area (Å²) in [5, 5.41) is 14.0. The second-order valence-electron chi connectivity index (χ2n) is 11.7. The van der Waals surface area contributed by atoms with E-state index in [0.717, 1.165) is 16.7 Å². The van der Waals surface area contributed by atoms with Crippen molar-refractivity contribution in [2.45, 2.75) is 37.3 Å². The van der Waals surface area contributed by atoms with Crippen LogP contribution in [0.15, 0.2) is 121 Å². The first-order valence-corrected chi connectivity index (χ1v) is 16.5. The van der Waals surface area contributed by atoms with Crippen LogP contribution in [0.2, 0.25) is 0 Å². The van der Waals surface area contributed by atoms with Crippen molar-refractivity contribution in [3.8, 4) is 23.3 Å². The van der Waals surface area contributed by atoms with Gasteiger partial charge >= 0.3 is 0 Å². The average Bonchev–Trinajstić information content (AvgIpc) is 3.55. The molecule has 4 aromatic carbocycles. The third-order valence-electron chi connectivity index (χ3n) is 8.56. The monoisotopic (exact) mass is 682 g/mol. The SMILES string of the molecule is C/C=N\c1c(C#C[C@H]2C[C@H](O)[C@@H](COC(c3ccccc3)(c3ccc(OC)cc3)c3ccc(OC)cc3)O2)ncnc1NC(=O)c1ccccc1. The molecule has 2 N–H and O–H groups in total. The van der Waals surface area contributed by atoms with Gasteiger partial charge in [-0.15, -0.1) is 0 Å². The summed E-state index contributed by atoms with van der Waals surface area (Å²) in [6.07, 6.45) is 1.03. The van der Waals surface area contributed by atoms with Crippen molar-refractivity contribution in [2.75, 3.05) is 26.1 Å². The second-order valence-corrected chi connectivity index (χ2v) is 11.7. The highest BCUT2D eigenvalue weighted by Crippen LogP contribution is 2.42. The van der Waals surface area contributed by atoms with Crippen LogP contribution in [0, 0.1) is 11.8 Å². The van der Waals surface area contributed by atoms with Crippen molar-refractivity contribution in [2.24, 2.45) is 4.99 Å². The minimum absolute atomic E-state index is 0.0564. The Morgan fingerprint density at radius 1 is 0.902 bits per heavy atom. The van der Waals surface area contributed by atoms with Crippen LogP contribution in [0.3, 0.4) is 0 Å². The number of anilines is 1. The number of amides is 1. The van der Waals surface area contributed by atoms with Crippen LogP contribution < -0.4 is 14.8 Å². The maximum absolute atomic E-state index is 12.9. The van der Waals surface area contributed by atoms with Crippen LogP contribution in [0.25, 0.3) is 0 Å². The molecule has 0 radical (unpaired) electrons. The lowest BCUT2D eigenvalue weighted by Gasteiger charge is -2.37. The molecule has 1 aliphatic heterocycles. The summed E-state index contributed by atoms with van der Waals surface area (Å²) in [6.45, 7) is 1.81. The molecule has 1 amide bonds. The Labute approximate surface area is 297 Å². The number of hydrogen-bond donors (Lipinski definition) is 2. The fourth-order valence-corrected chi connectivity index (χ4v) is 5.98. The highest BCUT2D eigenvalue weighted by Gasteiger charge is 2.41. The molecule has 10 nitrogen and oxygen atoms in total. The number of carbonyl (C=O) groups excluding carboxylic acids is 1. The molecule has 3 atom stereocenters. The van der Waals surface area contributed by atoms with Gasteiger partial charge in [0.05, 0.1) is 26.9 Å². The van der Waals surface area contributed by atoms with E-state index in [-0.39, 0.29) is 24.8 Å². The quantitative estimate of drug-likeness (QED) is 0.0939. The molecule has 1 aliphatic rings. The minimum atomic E-state index is -1.07. The van der Waals surface area contributed by atoms with E-state index in [1.165, 1.54) is 6.33 Å². The zero-order valence-electron chi connectivity index (χ0n) is 28.5. The molecule has 1 aromatic heterocycles. The zero-order valence-corrected chi connectivity index (χ0v) is 28.5. The average molecular weight is 683 g/mol. The number of aliphatic imine (C=N–C) groups is 1. The van der Waals surface area contributed by atoms with Crippen LogP contribution in [-0.4, -0.2) is 66.3 Å². The number of methoxy groups -OCH3 is 2. The first-order chi connectivity index (χ1) is 24.9. The van der Waals surface area contributed by atoms with Gasteiger partial charge in [-0.2, -0.15) is 0 Å². The van der Waals surface area contributed by atoms with Gasteiger partial charge in [0, 0.05) is 18.2 Å². The van der Waals surface area contributed by atoms with Crippen molar-refractivity contribution in [1.29, 1.82) is 0 Å². The van der Waals surface area contributed by atoms with Gasteiger partial charge in [-0.25, -0.2) is 9.97 Å². The van der Waals surface area contributed by atoms with Gasteiger partial charge in [0.2, 0.25) is 0 Å². The number of aromatic nitrogens is 2. The Hall–Kier alpha value is -5.86. The van der Waals surface area contributed by atoms with Crippen molar-refractivity contribution in [1.82, 2.24) is 9.97 Å². The number of ether oxygens (including phenoxy) is 4. The fourth-order valence-electron chi connectivity index (χ4n) is 5.98. The molecule has 10 heteroatoms. The Bertz CT molecular complexity index is 1960. The molecule has 0 aliphatic carbocycles. The maximum Gasteiger partial charge on any atom is 0.256 e. The third kappa shape index (κ3) is 7.82. The van der Waals surface area contributed by atoms with Crippen molar-refractivity contribution in [3.63, 3.8) is 0 Å². The molecule has 6 rings (SSSR count). The number of rotatable bonds is 11. The molecule has 1 saturated heterocycles. The van der Waals surface area contributed by atoms with Crippen molar-refractivity contribution >= 4 is 23.6 Å². The highest BCUT2D eigenvalue weighted by atomic mass is 16.6. The van der Waals surface area contributed by atoms with E-state index in [0.29, 0.717) is 28.4 Å². The van der Waals surface area contributed by atoms with E-state index in [4.69, 9.17) is 18.9 Å². The van der Waals surface area contributed by atoms with Crippen molar-refractivity contribution < 1.29 is 28.8 Å². The van der Waals surface area contributed by atoms with Gasteiger partial charge in [-0.3, -0.25) is 9.79 Å². The second kappa shape index (κ2) is 16.2. The largest absolute Gasteiger partial charge is 0.497 e. The summed E-state index contributed by atoms with van der Waals surface area (Å²) in [5.74, 6) is 7.47. The van der Waals surface area contributed by atoms with Crippen LogP contribution >= 0.6 is 0 Å². The van der Waals surface area contributed by atoms with Gasteiger partial charge < -0.3 is 29.4 Å². The van der Waals surface area contributed by atoms with E-state index in [1.807, 2.05) is 84.9 Å². The summed E-state index contributed by atoms with van der Waals surface area (Å²) in [7, 11) is 3.26. The molecular weight excluding hydrogens is 644 g/mol. The molecule has 0 unspecified atom stereocenters. The molecule has 0 spiro atoms. The Morgan fingerprint density at radius 2 is 1.49 bits per heavy atom. The molecule has 1 fully saturated rings. The molecule has 2 heterocycles. The van der Waals surface area contributed by atoms with E-state index >= 15 is 0 Å². The zero-order chi connectivity index (χ0) is 35.6. The number of hydrogen-bond acceptors (Lipinski definition) is 9. The number of aliphatic hydroxyl groups is 1. The third-order valence-corrected chi connectivity index (χ3v) is 8.56. The fraction of sp³-hybridized carbons (Fsp3) is 0.220. The summed E-state index contributed by atoms with van der Waals surface area (Å²) in [6, 6.07) is 34.2. The summed E-state index contributed by atoms with van der Waals surface area (Å²) < 4.78 is 24.1. The number of benzene rings is 4. The molecule has 258 valence electrons. The lowest BCUT2D eigenvalue weighted by atomic mass is 9.80. The topological polar surface area (TPSA) is 124 Å². The number of aliphatic hydroxyl groups excluding tert-OH is 1. The molecule has 51 heavy (non-hydrogen) atoms. The Kier molecular flexibility index (Phi) is 11.1. The summed E-state index contributed by atoms with van der Waals surface area (Å²) in [5.41, 5.74) is 2.67. The van der Waals surface area contributed by atoms with Crippen LogP contribution in [0.5, 0.6) is 11.5 Å². The minimum Gasteiger partial charge on any atom is -0.497 e. The molecule has 0 saturated carbocycles. The number of carbonyl (C=O) groups is 1. The van der Waals surface area contributed by atoms with Gasteiger partial charge in [-0.1, -0.05) is 78.7 Å². The highest BCUT2D eigenvalue weighted by molar-refractivity contribution is 6.05. The Morgan fingerprint density at radius 3 is 2.08 bits per heavy atom. The molecule has 0 bridgehead atoms. The van der Waals surface area contributed by atoms with Crippen LogP contribution in [0.4, 0.5) is 11.5 Å². The standard InChI is InChI=1S/C41H38N4O6/c1-4-42-38-35(43-27-44-39(38)45-40(47)28-11-7-5-8-12-28)24-23-34-25-36(46)37(51-34)26-50-41(29-13-9-6-10-14-29,30-15-19-32(48-2)20-16-30)31-17-21-33(49-3)22-18-31/h4-22,27,34,36-37,46H,25-26H2,1-3H3,(H,43,44,45,47)/b42-4-/t34-,36-,37+/m0/s1. The Balaban J connectivity index is 1.26. The molecule has 5 aromatic rings. The first kappa shape index (κ1) is 35.0. The number of nitrogens with one attached hydrogen (secondary N) is 1. The summed E-state index contributed by atoms with van der Waals surface area (Å²) >= 11 is 0.